The summed E-state index contributed by atoms with van der Waals surface area (Å²) in [6.07, 6.45) is -0.384. The van der Waals surface area contributed by atoms with Crippen molar-refractivity contribution in [2.24, 2.45) is 5.92 Å². The van der Waals surface area contributed by atoms with E-state index in [4.69, 9.17) is 14.6 Å². The number of hydrogen-bond acceptors (Lipinski definition) is 4. The van der Waals surface area contributed by atoms with E-state index in [1.165, 1.54) is 0 Å². The summed E-state index contributed by atoms with van der Waals surface area (Å²) in [5.74, 6) is -1.35. The molecule has 0 bridgehead atoms. The number of amides is 1. The highest BCUT2D eigenvalue weighted by Crippen LogP contribution is 2.19. The van der Waals surface area contributed by atoms with E-state index in [-0.39, 0.29) is 25.9 Å². The fourth-order valence-electron chi connectivity index (χ4n) is 1.99. The van der Waals surface area contributed by atoms with Gasteiger partial charge in [-0.25, -0.2) is 4.79 Å². The van der Waals surface area contributed by atoms with Crippen molar-refractivity contribution < 1.29 is 24.2 Å². The molecule has 2 N–H and O–H groups in total. The van der Waals surface area contributed by atoms with Crippen molar-refractivity contribution in [3.63, 3.8) is 0 Å². The second-order valence-corrected chi connectivity index (χ2v) is 4.67. The Morgan fingerprint density at radius 2 is 2.10 bits per heavy atom. The molecule has 1 amide bonds. The highest BCUT2D eigenvalue weighted by atomic mass is 16.5. The predicted molar refractivity (Wildman–Crippen MR) is 70.1 cm³/mol. The van der Waals surface area contributed by atoms with E-state index in [9.17, 15) is 9.59 Å². The molecule has 2 rings (SSSR count). The summed E-state index contributed by atoms with van der Waals surface area (Å²) in [5.41, 5.74) is 0.908. The summed E-state index contributed by atoms with van der Waals surface area (Å²) >= 11 is 0. The van der Waals surface area contributed by atoms with Crippen LogP contribution >= 0.6 is 0 Å². The van der Waals surface area contributed by atoms with Crippen LogP contribution in [0.4, 0.5) is 4.79 Å². The number of carboxylic acids is 1. The SMILES string of the molecule is O=C(NC[C@@H]1C[C@H](C(=O)O)CO1)OCc1ccccc1. The molecular formula is C14H17NO5. The van der Waals surface area contributed by atoms with Gasteiger partial charge in [-0.05, 0) is 12.0 Å². The van der Waals surface area contributed by atoms with Crippen LogP contribution < -0.4 is 5.32 Å². The first-order valence-electron chi connectivity index (χ1n) is 6.44. The minimum absolute atomic E-state index is 0.195. The van der Waals surface area contributed by atoms with Gasteiger partial charge < -0.3 is 19.9 Å². The third kappa shape index (κ3) is 4.24. The average Bonchev–Trinajstić information content (AvgIpc) is 2.93. The zero-order valence-corrected chi connectivity index (χ0v) is 11.0. The molecule has 0 saturated carbocycles. The number of carboxylic acid groups (broad SMARTS) is 1. The van der Waals surface area contributed by atoms with Crippen LogP contribution in [0, 0.1) is 5.92 Å². The molecule has 1 saturated heterocycles. The van der Waals surface area contributed by atoms with Crippen molar-refractivity contribution in [2.75, 3.05) is 13.2 Å². The van der Waals surface area contributed by atoms with Crippen molar-refractivity contribution in [3.8, 4) is 0 Å². The lowest BCUT2D eigenvalue weighted by Crippen LogP contribution is -2.32. The van der Waals surface area contributed by atoms with Gasteiger partial charge >= 0.3 is 12.1 Å². The molecule has 108 valence electrons. The van der Waals surface area contributed by atoms with Crippen molar-refractivity contribution in [1.29, 1.82) is 0 Å². The van der Waals surface area contributed by atoms with E-state index in [1.807, 2.05) is 30.3 Å². The Bertz CT molecular complexity index is 462. The van der Waals surface area contributed by atoms with Crippen molar-refractivity contribution in [3.05, 3.63) is 35.9 Å². The Morgan fingerprint density at radius 1 is 1.35 bits per heavy atom. The van der Waals surface area contributed by atoms with Crippen LogP contribution in [0.15, 0.2) is 30.3 Å². The monoisotopic (exact) mass is 279 g/mol. The largest absolute Gasteiger partial charge is 0.481 e. The minimum atomic E-state index is -0.862. The van der Waals surface area contributed by atoms with Gasteiger partial charge in [-0.2, -0.15) is 0 Å². The van der Waals surface area contributed by atoms with Gasteiger partial charge in [0.2, 0.25) is 0 Å². The molecule has 1 aliphatic rings. The summed E-state index contributed by atoms with van der Waals surface area (Å²) in [7, 11) is 0. The van der Waals surface area contributed by atoms with E-state index in [0.29, 0.717) is 6.42 Å². The van der Waals surface area contributed by atoms with Crippen LogP contribution in [0.25, 0.3) is 0 Å². The van der Waals surface area contributed by atoms with Crippen LogP contribution in [0.5, 0.6) is 0 Å². The van der Waals surface area contributed by atoms with Gasteiger partial charge in [-0.1, -0.05) is 30.3 Å². The lowest BCUT2D eigenvalue weighted by molar-refractivity contribution is -0.141. The molecule has 1 fully saturated rings. The Kier molecular flexibility index (Phi) is 4.95. The second-order valence-electron chi connectivity index (χ2n) is 4.67. The molecule has 2 atom stereocenters. The number of carbonyl (C=O) groups excluding carboxylic acids is 1. The maximum absolute atomic E-state index is 11.5. The number of benzene rings is 1. The smallest absolute Gasteiger partial charge is 0.407 e. The van der Waals surface area contributed by atoms with Crippen LogP contribution in [0.1, 0.15) is 12.0 Å². The molecule has 0 aliphatic carbocycles. The number of aliphatic carboxylic acids is 1. The molecule has 0 spiro atoms. The number of nitrogens with one attached hydrogen (secondary N) is 1. The molecule has 1 aromatic carbocycles. The van der Waals surface area contributed by atoms with Gasteiger partial charge in [0, 0.05) is 6.54 Å². The number of alkyl carbamates (subject to hydrolysis) is 1. The minimum Gasteiger partial charge on any atom is -0.481 e. The number of ether oxygens (including phenoxy) is 2. The molecule has 1 heterocycles. The first kappa shape index (κ1) is 14.3. The van der Waals surface area contributed by atoms with Gasteiger partial charge in [0.1, 0.15) is 6.61 Å². The summed E-state index contributed by atoms with van der Waals surface area (Å²) in [6, 6.07) is 9.36. The Hall–Kier alpha value is -2.08. The normalized spacial score (nSPS) is 21.4. The first-order chi connectivity index (χ1) is 9.65. The van der Waals surface area contributed by atoms with Crippen LogP contribution in [0.2, 0.25) is 0 Å². The predicted octanol–water partition coefficient (Wildman–Crippen LogP) is 1.40. The molecule has 1 aliphatic heterocycles. The summed E-state index contributed by atoms with van der Waals surface area (Å²) in [5, 5.41) is 11.4. The molecule has 6 heteroatoms. The highest BCUT2D eigenvalue weighted by molar-refractivity contribution is 5.70. The summed E-state index contributed by atoms with van der Waals surface area (Å²) < 4.78 is 10.3. The van der Waals surface area contributed by atoms with Crippen LogP contribution in [-0.4, -0.2) is 36.4 Å². The Morgan fingerprint density at radius 3 is 2.75 bits per heavy atom. The van der Waals surface area contributed by atoms with Crippen molar-refractivity contribution in [2.45, 2.75) is 19.1 Å². The molecule has 1 aromatic rings. The maximum Gasteiger partial charge on any atom is 0.407 e. The van der Waals surface area contributed by atoms with Gasteiger partial charge in [0.05, 0.1) is 18.6 Å². The van der Waals surface area contributed by atoms with E-state index in [2.05, 4.69) is 5.32 Å². The topological polar surface area (TPSA) is 84.9 Å². The summed E-state index contributed by atoms with van der Waals surface area (Å²) in [4.78, 5) is 22.2. The fourth-order valence-corrected chi connectivity index (χ4v) is 1.99. The summed E-state index contributed by atoms with van der Waals surface area (Å²) in [6.45, 7) is 0.661. The van der Waals surface area contributed by atoms with Gasteiger partial charge in [0.25, 0.3) is 0 Å². The molecule has 20 heavy (non-hydrogen) atoms. The van der Waals surface area contributed by atoms with E-state index in [0.717, 1.165) is 5.56 Å². The second kappa shape index (κ2) is 6.91. The lowest BCUT2D eigenvalue weighted by atomic mass is 10.1. The molecular weight excluding hydrogens is 262 g/mol. The first-order valence-corrected chi connectivity index (χ1v) is 6.44. The van der Waals surface area contributed by atoms with Crippen molar-refractivity contribution in [1.82, 2.24) is 5.32 Å². The molecule has 0 unspecified atom stereocenters. The Balaban J connectivity index is 1.65. The highest BCUT2D eigenvalue weighted by Gasteiger charge is 2.30. The lowest BCUT2D eigenvalue weighted by Gasteiger charge is -2.11. The van der Waals surface area contributed by atoms with Crippen LogP contribution in [-0.2, 0) is 20.9 Å². The van der Waals surface area contributed by atoms with Gasteiger partial charge in [-0.3, -0.25) is 4.79 Å². The van der Waals surface area contributed by atoms with Crippen LogP contribution in [0.3, 0.4) is 0 Å². The molecule has 0 radical (unpaired) electrons. The molecule has 6 nitrogen and oxygen atoms in total. The van der Waals surface area contributed by atoms with Gasteiger partial charge in [-0.15, -0.1) is 0 Å². The van der Waals surface area contributed by atoms with Crippen molar-refractivity contribution >= 4 is 12.1 Å². The van der Waals surface area contributed by atoms with E-state index >= 15 is 0 Å². The average molecular weight is 279 g/mol. The number of carbonyl (C=O) groups is 2. The quantitative estimate of drug-likeness (QED) is 0.851. The third-order valence-electron chi connectivity index (χ3n) is 3.12. The van der Waals surface area contributed by atoms with E-state index in [1.54, 1.807) is 0 Å². The zero-order chi connectivity index (χ0) is 14.4. The number of hydrogen-bond donors (Lipinski definition) is 2. The standard InChI is InChI=1S/C14H17NO5/c16-13(17)11-6-12(19-9-11)7-15-14(18)20-8-10-4-2-1-3-5-10/h1-5,11-12H,6-9H2,(H,15,18)(H,16,17)/t11-,12-/m0/s1. The Labute approximate surface area is 116 Å². The zero-order valence-electron chi connectivity index (χ0n) is 11.0. The van der Waals surface area contributed by atoms with E-state index < -0.39 is 18.0 Å². The van der Waals surface area contributed by atoms with Gasteiger partial charge in [0.15, 0.2) is 0 Å². The maximum atomic E-state index is 11.5. The fraction of sp³-hybridized carbons (Fsp3) is 0.429. The number of rotatable bonds is 5. The molecule has 0 aromatic heterocycles. The third-order valence-corrected chi connectivity index (χ3v) is 3.12.